The summed E-state index contributed by atoms with van der Waals surface area (Å²) >= 11 is 1.49. The van der Waals surface area contributed by atoms with Crippen LogP contribution in [0.1, 0.15) is 36.5 Å². The maximum absolute atomic E-state index is 12.2. The molecule has 31 heavy (non-hydrogen) atoms. The number of ether oxygens (including phenoxy) is 1. The minimum absolute atomic E-state index is 0.557. The van der Waals surface area contributed by atoms with E-state index in [9.17, 15) is 13.2 Å². The Morgan fingerprint density at radius 2 is 1.87 bits per heavy atom. The van der Waals surface area contributed by atoms with Gasteiger partial charge in [0.1, 0.15) is 5.75 Å². The predicted molar refractivity (Wildman–Crippen MR) is 117 cm³/mol. The molecule has 1 aliphatic heterocycles. The number of rotatable bonds is 5. The lowest BCUT2D eigenvalue weighted by Crippen LogP contribution is -2.08. The SMILES string of the molecule is CCCc1cccc(C(F)(F)F)c1.c1cnc(NSc2ccc3c(c2)OCCC3)nc1. The largest absolute Gasteiger partial charge is 0.493 e. The monoisotopic (exact) mass is 447 g/mol. The molecule has 1 aliphatic rings. The van der Waals surface area contributed by atoms with Crippen molar-refractivity contribution in [2.45, 2.75) is 43.7 Å². The smallest absolute Gasteiger partial charge is 0.416 e. The van der Waals surface area contributed by atoms with E-state index in [4.69, 9.17) is 4.74 Å². The van der Waals surface area contributed by atoms with Gasteiger partial charge in [-0.2, -0.15) is 13.2 Å². The number of aryl methyl sites for hydroxylation is 2. The second-order valence-corrected chi connectivity index (χ2v) is 7.83. The van der Waals surface area contributed by atoms with Crippen LogP contribution in [0.25, 0.3) is 0 Å². The van der Waals surface area contributed by atoms with Gasteiger partial charge in [-0.05, 0) is 66.6 Å². The first-order chi connectivity index (χ1) is 15.0. The Balaban J connectivity index is 0.000000187. The minimum Gasteiger partial charge on any atom is -0.493 e. The molecule has 0 saturated heterocycles. The molecule has 4 nitrogen and oxygen atoms in total. The van der Waals surface area contributed by atoms with E-state index in [2.05, 4.69) is 32.9 Å². The van der Waals surface area contributed by atoms with E-state index >= 15 is 0 Å². The summed E-state index contributed by atoms with van der Waals surface area (Å²) in [6.45, 7) is 2.76. The van der Waals surface area contributed by atoms with Crippen LogP contribution in [0, 0.1) is 0 Å². The van der Waals surface area contributed by atoms with Gasteiger partial charge in [-0.1, -0.05) is 37.6 Å². The second-order valence-electron chi connectivity index (χ2n) is 6.95. The average Bonchev–Trinajstić information content (AvgIpc) is 2.79. The number of alkyl halides is 3. The number of anilines is 1. The van der Waals surface area contributed by atoms with Crippen molar-refractivity contribution >= 4 is 17.9 Å². The van der Waals surface area contributed by atoms with Gasteiger partial charge in [-0.15, -0.1) is 0 Å². The first-order valence-electron chi connectivity index (χ1n) is 10.1. The Morgan fingerprint density at radius 1 is 1.06 bits per heavy atom. The van der Waals surface area contributed by atoms with Gasteiger partial charge in [0.15, 0.2) is 0 Å². The first kappa shape index (κ1) is 22.9. The molecule has 0 fully saturated rings. The Bertz CT molecular complexity index is 968. The molecule has 2 heterocycles. The fourth-order valence-corrected chi connectivity index (χ4v) is 3.65. The highest BCUT2D eigenvalue weighted by molar-refractivity contribution is 8.00. The van der Waals surface area contributed by atoms with Crippen LogP contribution in [0.2, 0.25) is 0 Å². The summed E-state index contributed by atoms with van der Waals surface area (Å²) in [5, 5.41) is 0. The number of nitrogens with zero attached hydrogens (tertiary/aromatic N) is 2. The molecule has 0 aliphatic carbocycles. The minimum atomic E-state index is -4.22. The van der Waals surface area contributed by atoms with E-state index in [1.54, 1.807) is 24.5 Å². The summed E-state index contributed by atoms with van der Waals surface area (Å²) in [6, 6.07) is 13.6. The molecule has 3 aromatic rings. The number of hydrogen-bond acceptors (Lipinski definition) is 5. The zero-order chi connectivity index (χ0) is 22.1. The van der Waals surface area contributed by atoms with Gasteiger partial charge in [0.25, 0.3) is 0 Å². The van der Waals surface area contributed by atoms with E-state index < -0.39 is 11.7 Å². The molecule has 0 atom stereocenters. The molecule has 164 valence electrons. The molecule has 0 unspecified atom stereocenters. The van der Waals surface area contributed by atoms with Crippen LogP contribution >= 0.6 is 11.9 Å². The summed E-state index contributed by atoms with van der Waals surface area (Å²) in [5.41, 5.74) is 1.48. The molecule has 0 bridgehead atoms. The summed E-state index contributed by atoms with van der Waals surface area (Å²) < 4.78 is 45.4. The van der Waals surface area contributed by atoms with Crippen LogP contribution in [-0.4, -0.2) is 16.6 Å². The first-order valence-corrected chi connectivity index (χ1v) is 10.9. The quantitative estimate of drug-likeness (QED) is 0.448. The van der Waals surface area contributed by atoms with Crippen molar-refractivity contribution < 1.29 is 17.9 Å². The van der Waals surface area contributed by atoms with E-state index in [-0.39, 0.29) is 0 Å². The standard InChI is InChI=1S/C13H13N3OS.C10H11F3/c1-3-10-4-5-11(9-12(10)17-8-1)18-16-13-14-6-2-7-15-13;1-2-4-8-5-3-6-9(7-8)10(11,12)13/h2,4-7,9H,1,3,8H2,(H,14,15,16);3,5-7H,2,4H2,1H3. The highest BCUT2D eigenvalue weighted by Crippen LogP contribution is 2.30. The highest BCUT2D eigenvalue weighted by atomic mass is 32.2. The lowest BCUT2D eigenvalue weighted by Gasteiger charge is -2.17. The maximum Gasteiger partial charge on any atom is 0.416 e. The second kappa shape index (κ2) is 11.0. The van der Waals surface area contributed by atoms with Crippen molar-refractivity contribution in [2.75, 3.05) is 11.3 Å². The Kier molecular flexibility index (Phi) is 8.17. The van der Waals surface area contributed by atoms with E-state index in [1.165, 1.54) is 29.6 Å². The van der Waals surface area contributed by atoms with Crippen LogP contribution in [-0.2, 0) is 19.0 Å². The highest BCUT2D eigenvalue weighted by Gasteiger charge is 2.30. The van der Waals surface area contributed by atoms with E-state index in [1.807, 2.05) is 6.92 Å². The van der Waals surface area contributed by atoms with Gasteiger partial charge in [-0.25, -0.2) is 9.97 Å². The average molecular weight is 448 g/mol. The summed E-state index contributed by atoms with van der Waals surface area (Å²) in [4.78, 5) is 9.31. The number of benzene rings is 2. The third kappa shape index (κ3) is 7.17. The number of fused-ring (bicyclic) bond motifs is 1. The molecule has 8 heteroatoms. The van der Waals surface area contributed by atoms with Crippen molar-refractivity contribution in [3.05, 3.63) is 77.6 Å². The summed E-state index contributed by atoms with van der Waals surface area (Å²) in [5.74, 6) is 1.61. The normalized spacial score (nSPS) is 12.8. The topological polar surface area (TPSA) is 47.0 Å². The molecule has 4 rings (SSSR count). The number of halogens is 3. The van der Waals surface area contributed by atoms with Crippen LogP contribution in [0.15, 0.2) is 65.8 Å². The molecule has 0 amide bonds. The number of aromatic nitrogens is 2. The third-order valence-corrected chi connectivity index (χ3v) is 5.28. The van der Waals surface area contributed by atoms with Crippen LogP contribution in [0.3, 0.4) is 0 Å². The summed E-state index contributed by atoms with van der Waals surface area (Å²) in [6.07, 6.45) is 2.98. The van der Waals surface area contributed by atoms with Gasteiger partial charge < -0.3 is 4.74 Å². The zero-order valence-corrected chi connectivity index (χ0v) is 18.0. The number of hydrogen-bond donors (Lipinski definition) is 1. The molecule has 0 radical (unpaired) electrons. The van der Waals surface area contributed by atoms with Crippen molar-refractivity contribution in [3.8, 4) is 5.75 Å². The van der Waals surface area contributed by atoms with Gasteiger partial charge in [0.05, 0.1) is 12.2 Å². The van der Waals surface area contributed by atoms with Crippen LogP contribution in [0.4, 0.5) is 19.1 Å². The molecule has 1 aromatic heterocycles. The number of nitrogens with one attached hydrogen (secondary N) is 1. The van der Waals surface area contributed by atoms with Crippen LogP contribution in [0.5, 0.6) is 5.75 Å². The van der Waals surface area contributed by atoms with Crippen molar-refractivity contribution in [3.63, 3.8) is 0 Å². The van der Waals surface area contributed by atoms with E-state index in [0.29, 0.717) is 12.4 Å². The molecular weight excluding hydrogens is 423 g/mol. The molecular formula is C23H24F3N3OS. The molecule has 0 spiro atoms. The fourth-order valence-electron chi connectivity index (χ4n) is 3.03. The van der Waals surface area contributed by atoms with Gasteiger partial charge in [-0.3, -0.25) is 4.72 Å². The Morgan fingerprint density at radius 3 is 2.61 bits per heavy atom. The molecule has 1 N–H and O–H groups in total. The van der Waals surface area contributed by atoms with Crippen molar-refractivity contribution in [1.29, 1.82) is 0 Å². The Labute approximate surface area is 184 Å². The summed E-state index contributed by atoms with van der Waals surface area (Å²) in [7, 11) is 0. The third-order valence-electron chi connectivity index (χ3n) is 4.51. The lowest BCUT2D eigenvalue weighted by atomic mass is 10.1. The lowest BCUT2D eigenvalue weighted by molar-refractivity contribution is -0.137. The fraction of sp³-hybridized carbons (Fsp3) is 0.304. The van der Waals surface area contributed by atoms with Gasteiger partial charge >= 0.3 is 6.18 Å². The zero-order valence-electron chi connectivity index (χ0n) is 17.2. The maximum atomic E-state index is 12.2. The van der Waals surface area contributed by atoms with E-state index in [0.717, 1.165) is 48.1 Å². The van der Waals surface area contributed by atoms with Gasteiger partial charge in [0, 0.05) is 17.3 Å². The van der Waals surface area contributed by atoms with Crippen molar-refractivity contribution in [1.82, 2.24) is 9.97 Å². The van der Waals surface area contributed by atoms with Gasteiger partial charge in [0.2, 0.25) is 5.95 Å². The predicted octanol–water partition coefficient (Wildman–Crippen LogP) is 6.58. The Hall–Kier alpha value is -2.74. The molecule has 2 aromatic carbocycles. The van der Waals surface area contributed by atoms with Crippen molar-refractivity contribution in [2.24, 2.45) is 0 Å². The van der Waals surface area contributed by atoms with Crippen LogP contribution < -0.4 is 9.46 Å². The molecule has 0 saturated carbocycles.